The number of esters is 1. The number of sulfonamides is 1. The average Bonchev–Trinajstić information content (AvgIpc) is 3.89. The summed E-state index contributed by atoms with van der Waals surface area (Å²) in [6.45, 7) is 5.90. The number of aliphatic hydroxyl groups excluding tert-OH is 1. The molecule has 1 aromatic carbocycles. The van der Waals surface area contributed by atoms with Crippen LogP contribution in [0.4, 0.5) is 5.69 Å². The summed E-state index contributed by atoms with van der Waals surface area (Å²) < 4.78 is 38.0. The molecule has 0 spiro atoms. The minimum Gasteiger partial charge on any atom is -0.506 e. The van der Waals surface area contributed by atoms with E-state index >= 15 is 0 Å². The van der Waals surface area contributed by atoms with Gasteiger partial charge in [0.2, 0.25) is 39.6 Å². The Morgan fingerprint density at radius 2 is 1.71 bits per heavy atom. The monoisotopic (exact) mass is 1040 g/mol. The van der Waals surface area contributed by atoms with Crippen LogP contribution in [0.5, 0.6) is 5.75 Å². The van der Waals surface area contributed by atoms with E-state index in [2.05, 4.69) is 31.6 Å². The molecule has 1 fully saturated rings. The molecule has 5 atom stereocenters. The second-order valence-electron chi connectivity index (χ2n) is 16.7. The number of aromatic hydroxyl groups is 1. The number of carbonyl (C=O) groups excluding carboxylic acids is 7. The number of likely N-dealkylation sites (tertiary alicyclic amines) is 1. The molecular weight excluding hydrogens is 977 g/mol. The average molecular weight is 1040 g/mol. The molecule has 0 aliphatic carbocycles. The Morgan fingerprint density at radius 3 is 2.36 bits per heavy atom. The number of aliphatic hydroxyl groups is 1. The zero-order chi connectivity index (χ0) is 52.1. The molecule has 8 N–H and O–H groups in total. The van der Waals surface area contributed by atoms with Crippen molar-refractivity contribution in [2.45, 2.75) is 90.2 Å². The number of aromatic nitrogens is 1. The van der Waals surface area contributed by atoms with Crippen molar-refractivity contribution in [1.29, 1.82) is 0 Å². The van der Waals surface area contributed by atoms with Crippen molar-refractivity contribution in [3.05, 3.63) is 39.8 Å². The normalized spacial score (nSPS) is 15.6. The topological polar surface area (TPSA) is 329 Å². The van der Waals surface area contributed by atoms with Crippen LogP contribution in [-0.4, -0.2) is 174 Å². The molecule has 23 nitrogen and oxygen atoms in total. The van der Waals surface area contributed by atoms with E-state index in [1.54, 1.807) is 7.05 Å². The Balaban J connectivity index is 1.59. The molecule has 1 aliphatic heterocycles. The number of amides is 6. The van der Waals surface area contributed by atoms with Crippen LogP contribution in [0.3, 0.4) is 0 Å². The third-order valence-corrected chi connectivity index (χ3v) is 14.8. The number of nitrogens with one attached hydrogen (secondary N) is 5. The summed E-state index contributed by atoms with van der Waals surface area (Å²) in [7, 11) is -2.27. The predicted octanol–water partition coefficient (Wildman–Crippen LogP) is 0.621. The van der Waals surface area contributed by atoms with Gasteiger partial charge in [0.25, 0.3) is 5.91 Å². The first-order valence-electron chi connectivity index (χ1n) is 22.7. The molecule has 0 radical (unpaired) electrons. The van der Waals surface area contributed by atoms with Gasteiger partial charge in [0.1, 0.15) is 16.5 Å². The number of rotatable bonds is 32. The van der Waals surface area contributed by atoms with Gasteiger partial charge < -0.3 is 51.4 Å². The molecule has 2 heterocycles. The second-order valence-corrected chi connectivity index (χ2v) is 21.1. The van der Waals surface area contributed by atoms with Crippen LogP contribution in [0.1, 0.15) is 87.5 Å². The van der Waals surface area contributed by atoms with Gasteiger partial charge >= 0.3 is 11.9 Å². The molecule has 0 saturated carbocycles. The number of aliphatic carboxylic acids is 1. The maximum Gasteiger partial charge on any atom is 0.306 e. The summed E-state index contributed by atoms with van der Waals surface area (Å²) >= 11 is 2.46. The fourth-order valence-electron chi connectivity index (χ4n) is 7.18. The van der Waals surface area contributed by atoms with Crippen molar-refractivity contribution >= 4 is 86.2 Å². The van der Waals surface area contributed by atoms with Crippen molar-refractivity contribution in [2.24, 2.45) is 11.8 Å². The zero-order valence-corrected chi connectivity index (χ0v) is 42.6. The lowest BCUT2D eigenvalue weighted by molar-refractivity contribution is -0.147. The number of phenols is 1. The maximum atomic E-state index is 13.5. The van der Waals surface area contributed by atoms with Crippen LogP contribution in [-0.2, 0) is 59.5 Å². The van der Waals surface area contributed by atoms with E-state index < -0.39 is 106 Å². The van der Waals surface area contributed by atoms with E-state index in [9.17, 15) is 57.0 Å². The van der Waals surface area contributed by atoms with Crippen molar-refractivity contribution in [2.75, 3.05) is 76.4 Å². The molecular formula is C44H66N8O15S3. The van der Waals surface area contributed by atoms with Crippen molar-refractivity contribution in [1.82, 2.24) is 35.5 Å². The molecule has 390 valence electrons. The molecule has 1 aliphatic rings. The lowest BCUT2D eigenvalue weighted by Crippen LogP contribution is -2.44. The van der Waals surface area contributed by atoms with Crippen molar-refractivity contribution in [3.8, 4) is 5.75 Å². The number of thiazole rings is 1. The highest BCUT2D eigenvalue weighted by atomic mass is 32.2. The number of thioether (sulfide) groups is 1. The fourth-order valence-corrected chi connectivity index (χ4v) is 10.3. The van der Waals surface area contributed by atoms with E-state index in [4.69, 9.17) is 14.6 Å². The van der Waals surface area contributed by atoms with Gasteiger partial charge in [-0.05, 0) is 49.3 Å². The van der Waals surface area contributed by atoms with Crippen LogP contribution in [0.25, 0.3) is 0 Å². The van der Waals surface area contributed by atoms with Gasteiger partial charge in [0.15, 0.2) is 6.10 Å². The summed E-state index contributed by atoms with van der Waals surface area (Å²) in [5.41, 5.74) is 0.469. The van der Waals surface area contributed by atoms with Gasteiger partial charge in [-0.2, -0.15) is 4.31 Å². The van der Waals surface area contributed by atoms with Gasteiger partial charge in [0, 0.05) is 63.3 Å². The van der Waals surface area contributed by atoms with Gasteiger partial charge in [-0.3, -0.25) is 43.3 Å². The first-order chi connectivity index (χ1) is 33.1. The molecule has 2 unspecified atom stereocenters. The number of ether oxygens (including phenoxy) is 2. The van der Waals surface area contributed by atoms with Crippen LogP contribution >= 0.6 is 23.1 Å². The van der Waals surface area contributed by atoms with E-state index in [1.165, 1.54) is 49.2 Å². The lowest BCUT2D eigenvalue weighted by Gasteiger charge is -2.24. The predicted molar refractivity (Wildman–Crippen MR) is 259 cm³/mol. The van der Waals surface area contributed by atoms with Crippen molar-refractivity contribution < 1.29 is 71.6 Å². The summed E-state index contributed by atoms with van der Waals surface area (Å²) in [4.78, 5) is 106. The van der Waals surface area contributed by atoms with E-state index in [1.807, 2.05) is 20.8 Å². The molecule has 1 saturated heterocycles. The smallest absolute Gasteiger partial charge is 0.306 e. The van der Waals surface area contributed by atoms with Crippen LogP contribution in [0, 0.1) is 11.8 Å². The zero-order valence-electron chi connectivity index (χ0n) is 40.2. The number of benzene rings is 1. The van der Waals surface area contributed by atoms with E-state index in [0.29, 0.717) is 22.7 Å². The van der Waals surface area contributed by atoms with Gasteiger partial charge in [0.05, 0.1) is 55.5 Å². The van der Waals surface area contributed by atoms with E-state index in [0.717, 1.165) is 20.5 Å². The number of carboxylic acid groups (broad SMARTS) is 1. The Morgan fingerprint density at radius 1 is 1.01 bits per heavy atom. The largest absolute Gasteiger partial charge is 0.506 e. The third kappa shape index (κ3) is 19.5. The number of imide groups is 1. The Kier molecular flexibility index (Phi) is 24.6. The van der Waals surface area contributed by atoms with Crippen LogP contribution < -0.4 is 26.6 Å². The number of hydrogen-bond acceptors (Lipinski definition) is 18. The number of nitrogens with zero attached hydrogens (tertiary/aromatic N) is 3. The van der Waals surface area contributed by atoms with Gasteiger partial charge in [-0.25, -0.2) is 13.4 Å². The van der Waals surface area contributed by atoms with Gasteiger partial charge in [-0.15, -0.1) is 23.1 Å². The highest BCUT2D eigenvalue weighted by molar-refractivity contribution is 8.00. The Labute approximate surface area is 415 Å². The fraction of sp³-hybridized carbons (Fsp3) is 0.614. The standard InChI is InChI=1S/C44H66N8O15S3/c1-7-68-36-22-40(59)52(43(36)61)13-12-51(70(64,65)17-16-66-15-14-53)11-10-37(56)46-23-38(57)47-24-39(58)49-32-20-29(8-9-34(32)55)19-30(18-27(4)44(62)63)48-41(60)33-25-69-42(50-33)35(67-28(5)54)21-31(45-6)26(2)3/h8-9,20,25-27,30-31,35-36,45,53,55H,7,10-19,21-24H2,1-6H3,(H,46,56)(H,47,57)(H,48,60)(H,49,58)(H,62,63)/t27-,30?,31+,35+,36?/m0/s1. The highest BCUT2D eigenvalue weighted by Crippen LogP contribution is 2.30. The van der Waals surface area contributed by atoms with Gasteiger partial charge in [-0.1, -0.05) is 33.8 Å². The second kappa shape index (κ2) is 29.2. The van der Waals surface area contributed by atoms with Crippen LogP contribution in [0.15, 0.2) is 23.6 Å². The molecule has 0 bridgehead atoms. The minimum absolute atomic E-state index is 0.00156. The summed E-state index contributed by atoms with van der Waals surface area (Å²) in [6, 6.07) is 3.46. The SMILES string of the molecule is CCSC1CC(=O)N(CCN(CCC(=O)NCC(=O)NCC(=O)Nc2cc(CC(C[C@H](C)C(=O)O)NC(=O)c3csc([C@@H](C[C@@H](NC)C(C)C)OC(C)=O)n3)ccc2O)S(=O)(=O)CCOCCO)C1=O. The minimum atomic E-state index is -4.07. The quantitative estimate of drug-likeness (QED) is 0.0216. The Hall–Kier alpha value is -5.25. The first-order valence-corrected chi connectivity index (χ1v) is 26.2. The molecule has 2 aromatic rings. The number of anilines is 1. The number of hydrogen-bond donors (Lipinski definition) is 8. The van der Waals surface area contributed by atoms with Crippen LogP contribution in [0.2, 0.25) is 0 Å². The first kappa shape index (κ1) is 59.1. The molecule has 3 rings (SSSR count). The van der Waals surface area contributed by atoms with Crippen molar-refractivity contribution in [3.63, 3.8) is 0 Å². The molecule has 6 amide bonds. The number of phenolic OH excluding ortho intramolecular Hbond substituents is 1. The lowest BCUT2D eigenvalue weighted by atomic mass is 9.95. The summed E-state index contributed by atoms with van der Waals surface area (Å²) in [6.07, 6.45) is -0.656. The summed E-state index contributed by atoms with van der Waals surface area (Å²) in [5.74, 6) is -6.24. The number of carbonyl (C=O) groups is 8. The third-order valence-electron chi connectivity index (χ3n) is 10.9. The Bertz CT molecular complexity index is 2250. The molecule has 26 heteroatoms. The van der Waals surface area contributed by atoms with E-state index in [-0.39, 0.29) is 87.8 Å². The number of carboxylic acids is 1. The highest BCUT2D eigenvalue weighted by Gasteiger charge is 2.39. The maximum absolute atomic E-state index is 13.5. The molecule has 70 heavy (non-hydrogen) atoms. The molecule has 1 aromatic heterocycles. The summed E-state index contributed by atoms with van der Waals surface area (Å²) in [5, 5.41) is 43.8.